The summed E-state index contributed by atoms with van der Waals surface area (Å²) in [5.41, 5.74) is 1.37. The minimum absolute atomic E-state index is 0.972. The minimum Gasteiger partial charge on any atom is -0.308 e. The van der Waals surface area contributed by atoms with E-state index < -0.39 is 0 Å². The van der Waals surface area contributed by atoms with Gasteiger partial charge in [-0.3, -0.25) is 0 Å². The highest BCUT2D eigenvalue weighted by Gasteiger charge is 1.94. The van der Waals surface area contributed by atoms with Crippen molar-refractivity contribution in [1.29, 1.82) is 0 Å². The first kappa shape index (κ1) is 10.5. The second-order valence-electron chi connectivity index (χ2n) is 3.42. The normalized spacial score (nSPS) is 10.1. The van der Waals surface area contributed by atoms with Crippen LogP contribution in [0, 0.1) is 6.92 Å². The van der Waals surface area contributed by atoms with Crippen molar-refractivity contribution in [2.45, 2.75) is 27.3 Å². The summed E-state index contributed by atoms with van der Waals surface area (Å²) in [6, 6.07) is 4.36. The van der Waals surface area contributed by atoms with Gasteiger partial charge in [0.15, 0.2) is 0 Å². The molecule has 0 atom stereocenters. The van der Waals surface area contributed by atoms with E-state index in [4.69, 9.17) is 0 Å². The van der Waals surface area contributed by atoms with E-state index in [1.54, 1.807) is 0 Å². The van der Waals surface area contributed by atoms with Gasteiger partial charge in [0.05, 0.1) is 0 Å². The summed E-state index contributed by atoms with van der Waals surface area (Å²) in [5, 5.41) is 3.38. The van der Waals surface area contributed by atoms with E-state index in [0.29, 0.717) is 0 Å². The van der Waals surface area contributed by atoms with Crippen molar-refractivity contribution < 1.29 is 0 Å². The lowest BCUT2D eigenvalue weighted by molar-refractivity contribution is 0.767. The minimum atomic E-state index is 0.972. The van der Waals surface area contributed by atoms with Crippen LogP contribution in [-0.4, -0.2) is 6.54 Å². The maximum Gasteiger partial charge on any atom is 0.0302 e. The molecule has 0 aliphatic rings. The zero-order chi connectivity index (χ0) is 9.68. The first-order valence-corrected chi connectivity index (χ1v) is 5.39. The molecular weight excluding hydrogens is 178 g/mol. The molecule has 0 spiro atoms. The molecule has 0 saturated heterocycles. The molecule has 1 nitrogen and oxygen atoms in total. The molecule has 0 aromatic carbocycles. The number of nitrogens with one attached hydrogen (secondary N) is 1. The molecule has 72 valence electrons. The van der Waals surface area contributed by atoms with Gasteiger partial charge in [-0.15, -0.1) is 11.3 Å². The SMILES string of the molecule is CC(C)=CCNCc1ccc(C)s1. The van der Waals surface area contributed by atoms with Gasteiger partial charge in [0, 0.05) is 22.8 Å². The molecule has 0 unspecified atom stereocenters. The average Bonchev–Trinajstić information content (AvgIpc) is 2.45. The van der Waals surface area contributed by atoms with Gasteiger partial charge in [0.25, 0.3) is 0 Å². The third-order valence-electron chi connectivity index (χ3n) is 1.75. The first-order valence-electron chi connectivity index (χ1n) is 4.58. The van der Waals surface area contributed by atoms with Gasteiger partial charge in [-0.05, 0) is 32.9 Å². The Morgan fingerprint density at radius 1 is 1.46 bits per heavy atom. The summed E-state index contributed by atoms with van der Waals surface area (Å²) in [6.45, 7) is 8.35. The van der Waals surface area contributed by atoms with Crippen molar-refractivity contribution in [3.05, 3.63) is 33.5 Å². The van der Waals surface area contributed by atoms with Gasteiger partial charge in [-0.25, -0.2) is 0 Å². The summed E-state index contributed by atoms with van der Waals surface area (Å²) in [5.74, 6) is 0. The average molecular weight is 195 g/mol. The summed E-state index contributed by atoms with van der Waals surface area (Å²) < 4.78 is 0. The van der Waals surface area contributed by atoms with Crippen LogP contribution in [0.3, 0.4) is 0 Å². The van der Waals surface area contributed by atoms with E-state index in [9.17, 15) is 0 Å². The Morgan fingerprint density at radius 2 is 2.23 bits per heavy atom. The van der Waals surface area contributed by atoms with Crippen LogP contribution in [0.15, 0.2) is 23.8 Å². The standard InChI is InChI=1S/C11H17NS/c1-9(2)6-7-12-8-11-5-4-10(3)13-11/h4-6,12H,7-8H2,1-3H3. The van der Waals surface area contributed by atoms with Gasteiger partial charge >= 0.3 is 0 Å². The number of hydrogen-bond acceptors (Lipinski definition) is 2. The molecule has 0 bridgehead atoms. The van der Waals surface area contributed by atoms with Crippen molar-refractivity contribution >= 4 is 11.3 Å². The predicted octanol–water partition coefficient (Wildman–Crippen LogP) is 3.11. The Kier molecular flexibility index (Phi) is 4.19. The van der Waals surface area contributed by atoms with Crippen LogP contribution in [0.4, 0.5) is 0 Å². The van der Waals surface area contributed by atoms with Crippen LogP contribution in [0.25, 0.3) is 0 Å². The highest BCUT2D eigenvalue weighted by Crippen LogP contribution is 2.14. The molecule has 0 fully saturated rings. The van der Waals surface area contributed by atoms with Crippen molar-refractivity contribution in [1.82, 2.24) is 5.32 Å². The van der Waals surface area contributed by atoms with Crippen LogP contribution in [0.2, 0.25) is 0 Å². The highest BCUT2D eigenvalue weighted by molar-refractivity contribution is 7.11. The van der Waals surface area contributed by atoms with Crippen molar-refractivity contribution in [2.75, 3.05) is 6.54 Å². The maximum absolute atomic E-state index is 3.38. The number of rotatable bonds is 4. The molecule has 0 amide bonds. The highest BCUT2D eigenvalue weighted by atomic mass is 32.1. The molecule has 1 rings (SSSR count). The smallest absolute Gasteiger partial charge is 0.0302 e. The fourth-order valence-corrected chi connectivity index (χ4v) is 1.91. The lowest BCUT2D eigenvalue weighted by atomic mass is 10.3. The monoisotopic (exact) mass is 195 g/mol. The quantitative estimate of drug-likeness (QED) is 0.575. The number of aryl methyl sites for hydroxylation is 1. The zero-order valence-electron chi connectivity index (χ0n) is 8.55. The van der Waals surface area contributed by atoms with Gasteiger partial charge in [0.2, 0.25) is 0 Å². The summed E-state index contributed by atoms with van der Waals surface area (Å²) in [4.78, 5) is 2.80. The van der Waals surface area contributed by atoms with E-state index in [2.05, 4.69) is 44.3 Å². The summed E-state index contributed by atoms with van der Waals surface area (Å²) in [6.07, 6.45) is 2.21. The third kappa shape index (κ3) is 4.25. The molecule has 0 aliphatic heterocycles. The maximum atomic E-state index is 3.38. The zero-order valence-corrected chi connectivity index (χ0v) is 9.37. The summed E-state index contributed by atoms with van der Waals surface area (Å²) >= 11 is 1.86. The predicted molar refractivity (Wildman–Crippen MR) is 60.2 cm³/mol. The molecule has 0 saturated carbocycles. The fraction of sp³-hybridized carbons (Fsp3) is 0.455. The second-order valence-corrected chi connectivity index (χ2v) is 4.80. The first-order chi connectivity index (χ1) is 6.18. The van der Waals surface area contributed by atoms with Crippen LogP contribution >= 0.6 is 11.3 Å². The van der Waals surface area contributed by atoms with Crippen LogP contribution in [-0.2, 0) is 6.54 Å². The van der Waals surface area contributed by atoms with Gasteiger partial charge in [-0.2, -0.15) is 0 Å². The van der Waals surface area contributed by atoms with Crippen LogP contribution in [0.1, 0.15) is 23.6 Å². The number of hydrogen-bond donors (Lipinski definition) is 1. The lowest BCUT2D eigenvalue weighted by Crippen LogP contribution is -2.11. The largest absolute Gasteiger partial charge is 0.308 e. The van der Waals surface area contributed by atoms with E-state index in [-0.39, 0.29) is 0 Å². The Bertz CT molecular complexity index is 282. The van der Waals surface area contributed by atoms with Crippen LogP contribution in [0.5, 0.6) is 0 Å². The molecule has 0 radical (unpaired) electrons. The molecule has 1 heterocycles. The Labute approximate surface area is 84.5 Å². The van der Waals surface area contributed by atoms with E-state index in [1.165, 1.54) is 15.3 Å². The number of allylic oxidation sites excluding steroid dienone is 1. The molecular formula is C11H17NS. The molecule has 2 heteroatoms. The summed E-state index contributed by atoms with van der Waals surface area (Å²) in [7, 11) is 0. The number of thiophene rings is 1. The van der Waals surface area contributed by atoms with E-state index in [1.807, 2.05) is 11.3 Å². The fourth-order valence-electron chi connectivity index (χ4n) is 1.05. The Balaban J connectivity index is 2.24. The lowest BCUT2D eigenvalue weighted by Gasteiger charge is -1.98. The van der Waals surface area contributed by atoms with Crippen molar-refractivity contribution in [3.63, 3.8) is 0 Å². The van der Waals surface area contributed by atoms with Gasteiger partial charge in [0.1, 0.15) is 0 Å². The Morgan fingerprint density at radius 3 is 2.77 bits per heavy atom. The molecule has 13 heavy (non-hydrogen) atoms. The van der Waals surface area contributed by atoms with Gasteiger partial charge < -0.3 is 5.32 Å². The molecule has 1 aromatic heterocycles. The van der Waals surface area contributed by atoms with Crippen molar-refractivity contribution in [2.24, 2.45) is 0 Å². The molecule has 1 aromatic rings. The third-order valence-corrected chi connectivity index (χ3v) is 2.75. The topological polar surface area (TPSA) is 12.0 Å². The molecule has 0 aliphatic carbocycles. The second kappa shape index (κ2) is 5.20. The van der Waals surface area contributed by atoms with E-state index >= 15 is 0 Å². The Hall–Kier alpha value is -0.600. The van der Waals surface area contributed by atoms with Crippen molar-refractivity contribution in [3.8, 4) is 0 Å². The van der Waals surface area contributed by atoms with Gasteiger partial charge in [-0.1, -0.05) is 11.6 Å². The molecule has 1 N–H and O–H groups in total. The van der Waals surface area contributed by atoms with Crippen LogP contribution < -0.4 is 5.32 Å². The van der Waals surface area contributed by atoms with E-state index in [0.717, 1.165) is 13.1 Å².